The molecule has 0 spiro atoms. The zero-order valence-electron chi connectivity index (χ0n) is 10.4. The van der Waals surface area contributed by atoms with Crippen LogP contribution >= 0.6 is 11.6 Å². The van der Waals surface area contributed by atoms with Crippen molar-refractivity contribution in [3.63, 3.8) is 0 Å². The van der Waals surface area contributed by atoms with E-state index in [0.29, 0.717) is 23.3 Å². The van der Waals surface area contributed by atoms with Crippen LogP contribution in [-0.4, -0.2) is 36.4 Å². The Morgan fingerprint density at radius 3 is 2.95 bits per heavy atom. The molecule has 1 aliphatic heterocycles. The lowest BCUT2D eigenvalue weighted by Crippen LogP contribution is -2.16. The minimum Gasteiger partial charge on any atom is -0.493 e. The van der Waals surface area contributed by atoms with Gasteiger partial charge in [-0.15, -0.1) is 0 Å². The lowest BCUT2D eigenvalue weighted by molar-refractivity contribution is 0.139. The number of fused-ring (bicyclic) bond motifs is 1. The number of methoxy groups -OCH3 is 1. The summed E-state index contributed by atoms with van der Waals surface area (Å²) in [5.74, 6) is 1.27. The van der Waals surface area contributed by atoms with Gasteiger partial charge in [-0.25, -0.2) is 9.97 Å². The van der Waals surface area contributed by atoms with E-state index in [0.717, 1.165) is 23.9 Å². The summed E-state index contributed by atoms with van der Waals surface area (Å²) < 4.78 is 16.5. The van der Waals surface area contributed by atoms with Gasteiger partial charge in [0.25, 0.3) is 0 Å². The van der Waals surface area contributed by atoms with Gasteiger partial charge in [-0.1, -0.05) is 11.6 Å². The van der Waals surface area contributed by atoms with Gasteiger partial charge in [0.15, 0.2) is 11.5 Å². The van der Waals surface area contributed by atoms with Crippen molar-refractivity contribution in [3.8, 4) is 11.5 Å². The summed E-state index contributed by atoms with van der Waals surface area (Å²) in [6.45, 7) is 1.32. The van der Waals surface area contributed by atoms with E-state index >= 15 is 0 Å². The number of halogens is 1. The number of aromatic nitrogens is 2. The molecule has 6 heteroatoms. The molecule has 2 heterocycles. The Balaban J connectivity index is 2.03. The van der Waals surface area contributed by atoms with Crippen molar-refractivity contribution >= 4 is 22.5 Å². The fourth-order valence-corrected chi connectivity index (χ4v) is 2.26. The molecule has 100 valence electrons. The quantitative estimate of drug-likeness (QED) is 0.809. The standard InChI is InChI=1S/C13H13ClN2O3/c1-17-11-5-10-9(13(14)16-7-15-10)4-12(11)19-8-2-3-18-6-8/h4-5,7-8H,2-3,6H2,1H3/t8-/m0/s1. The Hall–Kier alpha value is -1.59. The zero-order chi connectivity index (χ0) is 13.2. The molecule has 0 unspecified atom stereocenters. The summed E-state index contributed by atoms with van der Waals surface area (Å²) >= 11 is 6.07. The van der Waals surface area contributed by atoms with Crippen LogP contribution in [0.15, 0.2) is 18.5 Å². The van der Waals surface area contributed by atoms with E-state index in [9.17, 15) is 0 Å². The summed E-state index contributed by atoms with van der Waals surface area (Å²) in [6.07, 6.45) is 2.35. The summed E-state index contributed by atoms with van der Waals surface area (Å²) in [6, 6.07) is 3.61. The van der Waals surface area contributed by atoms with Gasteiger partial charge in [-0.2, -0.15) is 0 Å². The molecule has 1 saturated heterocycles. The fourth-order valence-electron chi connectivity index (χ4n) is 2.07. The number of ether oxygens (including phenoxy) is 3. The van der Waals surface area contributed by atoms with Crippen LogP contribution in [0.4, 0.5) is 0 Å². The first-order chi connectivity index (χ1) is 9.28. The molecular formula is C13H13ClN2O3. The Labute approximate surface area is 115 Å². The Bertz CT molecular complexity index is 600. The maximum Gasteiger partial charge on any atom is 0.162 e. The van der Waals surface area contributed by atoms with Crippen LogP contribution in [0.2, 0.25) is 5.15 Å². The van der Waals surface area contributed by atoms with Gasteiger partial charge in [0.2, 0.25) is 0 Å². The minimum absolute atomic E-state index is 0.0507. The first kappa shape index (κ1) is 12.4. The lowest BCUT2D eigenvalue weighted by atomic mass is 10.2. The molecule has 19 heavy (non-hydrogen) atoms. The van der Waals surface area contributed by atoms with Crippen molar-refractivity contribution in [2.24, 2.45) is 0 Å². The molecule has 1 aliphatic rings. The molecule has 0 bridgehead atoms. The van der Waals surface area contributed by atoms with E-state index < -0.39 is 0 Å². The average molecular weight is 281 g/mol. The topological polar surface area (TPSA) is 53.5 Å². The maximum absolute atomic E-state index is 6.07. The molecule has 3 rings (SSSR count). The third-order valence-electron chi connectivity index (χ3n) is 3.05. The van der Waals surface area contributed by atoms with E-state index in [1.807, 2.05) is 6.07 Å². The van der Waals surface area contributed by atoms with Gasteiger partial charge in [-0.3, -0.25) is 0 Å². The van der Waals surface area contributed by atoms with E-state index in [4.69, 9.17) is 25.8 Å². The molecule has 1 aromatic carbocycles. The maximum atomic E-state index is 6.07. The van der Waals surface area contributed by atoms with Gasteiger partial charge in [0, 0.05) is 17.9 Å². The predicted octanol–water partition coefficient (Wildman–Crippen LogP) is 2.46. The van der Waals surface area contributed by atoms with Crippen molar-refractivity contribution in [1.82, 2.24) is 9.97 Å². The minimum atomic E-state index is 0.0507. The van der Waals surface area contributed by atoms with E-state index in [1.54, 1.807) is 13.2 Å². The lowest BCUT2D eigenvalue weighted by Gasteiger charge is -2.15. The number of hydrogen-bond acceptors (Lipinski definition) is 5. The molecule has 5 nitrogen and oxygen atoms in total. The van der Waals surface area contributed by atoms with Crippen LogP contribution in [0.3, 0.4) is 0 Å². The van der Waals surface area contributed by atoms with Gasteiger partial charge in [0.05, 0.1) is 25.8 Å². The van der Waals surface area contributed by atoms with E-state index in [1.165, 1.54) is 6.33 Å². The molecule has 0 radical (unpaired) electrons. The second-order valence-corrected chi connectivity index (χ2v) is 4.65. The molecular weight excluding hydrogens is 268 g/mol. The molecule has 0 saturated carbocycles. The molecule has 0 N–H and O–H groups in total. The number of nitrogens with zero attached hydrogens (tertiary/aromatic N) is 2. The second kappa shape index (κ2) is 5.19. The highest BCUT2D eigenvalue weighted by Gasteiger charge is 2.20. The normalized spacial score (nSPS) is 18.7. The summed E-state index contributed by atoms with van der Waals surface area (Å²) in [5.41, 5.74) is 0.729. The second-order valence-electron chi connectivity index (χ2n) is 4.29. The fraction of sp³-hybridized carbons (Fsp3) is 0.385. The van der Waals surface area contributed by atoms with Crippen molar-refractivity contribution in [2.75, 3.05) is 20.3 Å². The van der Waals surface area contributed by atoms with Gasteiger partial charge in [-0.05, 0) is 6.07 Å². The largest absolute Gasteiger partial charge is 0.493 e. The van der Waals surface area contributed by atoms with Crippen LogP contribution in [0, 0.1) is 0 Å². The van der Waals surface area contributed by atoms with Crippen LogP contribution in [0.25, 0.3) is 10.9 Å². The summed E-state index contributed by atoms with van der Waals surface area (Å²) in [4.78, 5) is 8.14. The first-order valence-electron chi connectivity index (χ1n) is 6.00. The van der Waals surface area contributed by atoms with E-state index in [2.05, 4.69) is 9.97 Å². The van der Waals surface area contributed by atoms with Gasteiger partial charge >= 0.3 is 0 Å². The van der Waals surface area contributed by atoms with Gasteiger partial charge < -0.3 is 14.2 Å². The Morgan fingerprint density at radius 2 is 2.21 bits per heavy atom. The van der Waals surface area contributed by atoms with Crippen LogP contribution in [-0.2, 0) is 4.74 Å². The number of rotatable bonds is 3. The van der Waals surface area contributed by atoms with Crippen molar-refractivity contribution in [2.45, 2.75) is 12.5 Å². The van der Waals surface area contributed by atoms with Crippen molar-refractivity contribution in [3.05, 3.63) is 23.6 Å². The average Bonchev–Trinajstić information content (AvgIpc) is 2.92. The predicted molar refractivity (Wildman–Crippen MR) is 71.0 cm³/mol. The van der Waals surface area contributed by atoms with Crippen LogP contribution in [0.1, 0.15) is 6.42 Å². The van der Waals surface area contributed by atoms with Gasteiger partial charge in [0.1, 0.15) is 17.6 Å². The Morgan fingerprint density at radius 1 is 1.32 bits per heavy atom. The van der Waals surface area contributed by atoms with Crippen LogP contribution < -0.4 is 9.47 Å². The third kappa shape index (κ3) is 2.43. The monoisotopic (exact) mass is 280 g/mol. The third-order valence-corrected chi connectivity index (χ3v) is 3.35. The molecule has 1 fully saturated rings. The first-order valence-corrected chi connectivity index (χ1v) is 6.38. The molecule has 0 aliphatic carbocycles. The molecule has 1 atom stereocenters. The summed E-state index contributed by atoms with van der Waals surface area (Å²) in [5, 5.41) is 1.15. The van der Waals surface area contributed by atoms with Crippen molar-refractivity contribution in [1.29, 1.82) is 0 Å². The molecule has 0 amide bonds. The highest BCUT2D eigenvalue weighted by molar-refractivity contribution is 6.34. The molecule has 1 aromatic heterocycles. The highest BCUT2D eigenvalue weighted by atomic mass is 35.5. The van der Waals surface area contributed by atoms with Crippen molar-refractivity contribution < 1.29 is 14.2 Å². The van der Waals surface area contributed by atoms with E-state index in [-0.39, 0.29) is 6.10 Å². The van der Waals surface area contributed by atoms with Crippen LogP contribution in [0.5, 0.6) is 11.5 Å². The number of benzene rings is 1. The summed E-state index contributed by atoms with van der Waals surface area (Å²) in [7, 11) is 1.60. The smallest absolute Gasteiger partial charge is 0.162 e. The SMILES string of the molecule is COc1cc2ncnc(Cl)c2cc1O[C@H]1CCOC1. The number of hydrogen-bond donors (Lipinski definition) is 0. The zero-order valence-corrected chi connectivity index (χ0v) is 11.2. The Kier molecular flexibility index (Phi) is 3.40. The molecule has 2 aromatic rings. The highest BCUT2D eigenvalue weighted by Crippen LogP contribution is 2.34.